The molecule has 0 spiro atoms. The third kappa shape index (κ3) is 3.34. The maximum atomic E-state index is 5.50. The number of nitrogens with one attached hydrogen (secondary N) is 1. The molecule has 2 heteroatoms. The van der Waals surface area contributed by atoms with Gasteiger partial charge in [-0.1, -0.05) is 31.6 Å². The monoisotopic (exact) mass is 231 g/mol. The summed E-state index contributed by atoms with van der Waals surface area (Å²) >= 11 is 0. The standard InChI is InChI=1S/C15H21NO/c1-11(2)16-10-12(3)8-13-4-5-15-14(9-13)6-7-17-15/h4-5,8-9,11,16H,6-7,10H2,1-3H3. The Bertz CT molecular complexity index is 421. The lowest BCUT2D eigenvalue weighted by molar-refractivity contribution is 0.357. The van der Waals surface area contributed by atoms with Gasteiger partial charge in [-0.05, 0) is 30.2 Å². The smallest absolute Gasteiger partial charge is 0.122 e. The molecule has 0 unspecified atom stereocenters. The van der Waals surface area contributed by atoms with E-state index in [-0.39, 0.29) is 0 Å². The van der Waals surface area contributed by atoms with Crippen LogP contribution in [-0.2, 0) is 6.42 Å². The second-order valence-electron chi connectivity index (χ2n) is 4.99. The zero-order valence-electron chi connectivity index (χ0n) is 10.9. The van der Waals surface area contributed by atoms with Crippen LogP contribution in [0.5, 0.6) is 5.75 Å². The highest BCUT2D eigenvalue weighted by Crippen LogP contribution is 2.26. The summed E-state index contributed by atoms with van der Waals surface area (Å²) in [6, 6.07) is 6.98. The van der Waals surface area contributed by atoms with E-state index in [2.05, 4.69) is 50.4 Å². The predicted molar refractivity (Wildman–Crippen MR) is 72.4 cm³/mol. The van der Waals surface area contributed by atoms with E-state index >= 15 is 0 Å². The first-order valence-corrected chi connectivity index (χ1v) is 6.31. The second kappa shape index (κ2) is 5.37. The van der Waals surface area contributed by atoms with Crippen LogP contribution in [0.3, 0.4) is 0 Å². The van der Waals surface area contributed by atoms with Gasteiger partial charge in [-0.2, -0.15) is 0 Å². The highest BCUT2D eigenvalue weighted by molar-refractivity contribution is 5.56. The van der Waals surface area contributed by atoms with Gasteiger partial charge in [0.2, 0.25) is 0 Å². The minimum atomic E-state index is 0.534. The molecule has 0 atom stereocenters. The lowest BCUT2D eigenvalue weighted by Crippen LogP contribution is -2.24. The molecule has 0 amide bonds. The first kappa shape index (κ1) is 12.2. The summed E-state index contributed by atoms with van der Waals surface area (Å²) in [5.74, 6) is 1.06. The van der Waals surface area contributed by atoms with Gasteiger partial charge in [0.25, 0.3) is 0 Å². The molecule has 0 aliphatic carbocycles. The average molecular weight is 231 g/mol. The van der Waals surface area contributed by atoms with E-state index in [9.17, 15) is 0 Å². The van der Waals surface area contributed by atoms with Crippen molar-refractivity contribution in [3.05, 3.63) is 34.9 Å². The second-order valence-corrected chi connectivity index (χ2v) is 4.99. The number of rotatable bonds is 4. The highest BCUT2D eigenvalue weighted by atomic mass is 16.5. The van der Waals surface area contributed by atoms with Gasteiger partial charge in [-0.25, -0.2) is 0 Å². The van der Waals surface area contributed by atoms with Crippen molar-refractivity contribution >= 4 is 6.08 Å². The third-order valence-electron chi connectivity index (χ3n) is 2.92. The molecule has 0 saturated carbocycles. The van der Waals surface area contributed by atoms with E-state index in [4.69, 9.17) is 4.74 Å². The molecule has 1 heterocycles. The maximum absolute atomic E-state index is 5.50. The fourth-order valence-electron chi connectivity index (χ4n) is 2.00. The molecule has 1 aromatic rings. The number of hydrogen-bond donors (Lipinski definition) is 1. The van der Waals surface area contributed by atoms with Gasteiger partial charge in [-0.3, -0.25) is 0 Å². The van der Waals surface area contributed by atoms with Gasteiger partial charge in [0.15, 0.2) is 0 Å². The summed E-state index contributed by atoms with van der Waals surface area (Å²) in [4.78, 5) is 0. The highest BCUT2D eigenvalue weighted by Gasteiger charge is 2.11. The fraction of sp³-hybridized carbons (Fsp3) is 0.467. The van der Waals surface area contributed by atoms with Gasteiger partial charge < -0.3 is 10.1 Å². The predicted octanol–water partition coefficient (Wildman–Crippen LogP) is 3.02. The summed E-state index contributed by atoms with van der Waals surface area (Å²) in [6.07, 6.45) is 3.29. The Morgan fingerprint density at radius 3 is 3.06 bits per heavy atom. The van der Waals surface area contributed by atoms with Crippen LogP contribution in [0.15, 0.2) is 23.8 Å². The Labute approximate surface area is 104 Å². The summed E-state index contributed by atoms with van der Waals surface area (Å²) in [5, 5.41) is 3.42. The normalized spacial score (nSPS) is 14.9. The topological polar surface area (TPSA) is 21.3 Å². The quantitative estimate of drug-likeness (QED) is 0.860. The Kier molecular flexibility index (Phi) is 3.85. The number of hydrogen-bond acceptors (Lipinski definition) is 2. The maximum Gasteiger partial charge on any atom is 0.122 e. The molecule has 0 fully saturated rings. The molecule has 2 rings (SSSR count). The number of benzene rings is 1. The molecule has 0 radical (unpaired) electrons. The molecule has 2 nitrogen and oxygen atoms in total. The number of fused-ring (bicyclic) bond motifs is 1. The molecule has 17 heavy (non-hydrogen) atoms. The summed E-state index contributed by atoms with van der Waals surface area (Å²) in [7, 11) is 0. The van der Waals surface area contributed by atoms with E-state index < -0.39 is 0 Å². The zero-order chi connectivity index (χ0) is 12.3. The molecule has 92 valence electrons. The summed E-state index contributed by atoms with van der Waals surface area (Å²) in [5.41, 5.74) is 3.97. The van der Waals surface area contributed by atoms with Crippen LogP contribution >= 0.6 is 0 Å². The van der Waals surface area contributed by atoms with Gasteiger partial charge in [0, 0.05) is 19.0 Å². The lowest BCUT2D eigenvalue weighted by Gasteiger charge is -2.08. The minimum absolute atomic E-state index is 0.534. The third-order valence-corrected chi connectivity index (χ3v) is 2.92. The number of ether oxygens (including phenoxy) is 1. The van der Waals surface area contributed by atoms with Crippen molar-refractivity contribution in [3.8, 4) is 5.75 Å². The van der Waals surface area contributed by atoms with Crippen LogP contribution < -0.4 is 10.1 Å². The molecule has 1 N–H and O–H groups in total. The van der Waals surface area contributed by atoms with E-state index in [0.717, 1.165) is 25.3 Å². The van der Waals surface area contributed by atoms with Gasteiger partial charge in [0.05, 0.1) is 6.61 Å². The van der Waals surface area contributed by atoms with Gasteiger partial charge in [0.1, 0.15) is 5.75 Å². The van der Waals surface area contributed by atoms with E-state index in [1.807, 2.05) is 0 Å². The molecular weight excluding hydrogens is 210 g/mol. The molecule has 0 saturated heterocycles. The zero-order valence-corrected chi connectivity index (χ0v) is 10.9. The Hall–Kier alpha value is -1.28. The lowest BCUT2D eigenvalue weighted by atomic mass is 10.1. The minimum Gasteiger partial charge on any atom is -0.493 e. The van der Waals surface area contributed by atoms with E-state index in [1.54, 1.807) is 0 Å². The summed E-state index contributed by atoms with van der Waals surface area (Å²) < 4.78 is 5.50. The van der Waals surface area contributed by atoms with Crippen molar-refractivity contribution in [1.29, 1.82) is 0 Å². The Morgan fingerprint density at radius 2 is 2.29 bits per heavy atom. The van der Waals surface area contributed by atoms with Crippen LogP contribution in [0.2, 0.25) is 0 Å². The Morgan fingerprint density at radius 1 is 1.47 bits per heavy atom. The van der Waals surface area contributed by atoms with Crippen LogP contribution in [0.4, 0.5) is 0 Å². The van der Waals surface area contributed by atoms with Crippen molar-refractivity contribution in [1.82, 2.24) is 5.32 Å². The average Bonchev–Trinajstić information content (AvgIpc) is 2.73. The molecule has 0 aromatic heterocycles. The van der Waals surface area contributed by atoms with Crippen LogP contribution in [-0.4, -0.2) is 19.2 Å². The molecular formula is C15H21NO. The molecule has 1 aliphatic heterocycles. The largest absolute Gasteiger partial charge is 0.493 e. The van der Waals surface area contributed by atoms with Crippen molar-refractivity contribution in [3.63, 3.8) is 0 Å². The van der Waals surface area contributed by atoms with Crippen LogP contribution in [0.25, 0.3) is 6.08 Å². The van der Waals surface area contributed by atoms with Crippen molar-refractivity contribution in [2.45, 2.75) is 33.2 Å². The van der Waals surface area contributed by atoms with Crippen molar-refractivity contribution < 1.29 is 4.74 Å². The molecule has 1 aliphatic rings. The molecule has 1 aromatic carbocycles. The van der Waals surface area contributed by atoms with E-state index in [0.29, 0.717) is 6.04 Å². The van der Waals surface area contributed by atoms with Gasteiger partial charge in [-0.15, -0.1) is 0 Å². The fourth-order valence-corrected chi connectivity index (χ4v) is 2.00. The first-order chi connectivity index (χ1) is 8.15. The first-order valence-electron chi connectivity index (χ1n) is 6.31. The van der Waals surface area contributed by atoms with Crippen molar-refractivity contribution in [2.75, 3.05) is 13.2 Å². The van der Waals surface area contributed by atoms with Gasteiger partial charge >= 0.3 is 0 Å². The molecule has 0 bridgehead atoms. The van der Waals surface area contributed by atoms with E-state index in [1.165, 1.54) is 16.7 Å². The van der Waals surface area contributed by atoms with Crippen molar-refractivity contribution in [2.24, 2.45) is 0 Å². The SMILES string of the molecule is CC(=Cc1ccc2c(c1)CCO2)CNC(C)C. The summed E-state index contributed by atoms with van der Waals surface area (Å²) in [6.45, 7) is 8.28. The van der Waals surface area contributed by atoms with Crippen LogP contribution in [0, 0.1) is 0 Å². The van der Waals surface area contributed by atoms with Crippen LogP contribution in [0.1, 0.15) is 31.9 Å². The Balaban J connectivity index is 2.05.